The molecule has 0 atom stereocenters. The van der Waals surface area contributed by atoms with Crippen LogP contribution in [0.5, 0.6) is 0 Å². The van der Waals surface area contributed by atoms with Gasteiger partial charge in [-0.15, -0.1) is 5.10 Å². The van der Waals surface area contributed by atoms with E-state index in [0.717, 1.165) is 0 Å². The van der Waals surface area contributed by atoms with E-state index in [-0.39, 0.29) is 12.3 Å². The number of aromatic nitrogens is 3. The van der Waals surface area contributed by atoms with Crippen molar-refractivity contribution in [2.45, 2.75) is 6.92 Å². The number of carbonyl (C=O) groups is 1. The van der Waals surface area contributed by atoms with Crippen LogP contribution in [-0.4, -0.2) is 27.6 Å². The molecule has 0 radical (unpaired) electrons. The third-order valence-corrected chi connectivity index (χ3v) is 2.52. The van der Waals surface area contributed by atoms with Gasteiger partial charge in [-0.25, -0.2) is 4.79 Å². The van der Waals surface area contributed by atoms with Gasteiger partial charge in [-0.05, 0) is 25.1 Å². The summed E-state index contributed by atoms with van der Waals surface area (Å²) in [5, 5.41) is 17.1. The molecular weight excluding hydrogens is 268 g/mol. The predicted molar refractivity (Wildman–Crippen MR) is 67.0 cm³/mol. The number of halogens is 1. The first-order valence-corrected chi connectivity index (χ1v) is 5.73. The Hall–Kier alpha value is -2.39. The first-order valence-electron chi connectivity index (χ1n) is 5.36. The Labute approximate surface area is 114 Å². The van der Waals surface area contributed by atoms with Gasteiger partial charge in [-0.2, -0.15) is 15.2 Å². The van der Waals surface area contributed by atoms with Crippen molar-refractivity contribution in [2.24, 2.45) is 0 Å². The average Bonchev–Trinajstić information content (AvgIpc) is 2.78. The number of aryl methyl sites for hydroxylation is 1. The number of benzene rings is 1. The van der Waals surface area contributed by atoms with Crippen LogP contribution in [0.1, 0.15) is 16.2 Å². The van der Waals surface area contributed by atoms with E-state index in [1.165, 1.54) is 4.80 Å². The average molecular weight is 277 g/mol. The molecule has 7 heteroatoms. The van der Waals surface area contributed by atoms with Crippen molar-refractivity contribution >= 4 is 17.6 Å². The van der Waals surface area contributed by atoms with E-state index in [9.17, 15) is 4.79 Å². The third-order valence-electron chi connectivity index (χ3n) is 2.28. The quantitative estimate of drug-likeness (QED) is 0.800. The van der Waals surface area contributed by atoms with Crippen LogP contribution in [-0.2, 0) is 4.74 Å². The van der Waals surface area contributed by atoms with E-state index in [2.05, 4.69) is 14.9 Å². The Balaban J connectivity index is 2.31. The lowest BCUT2D eigenvalue weighted by Crippen LogP contribution is -2.08. The lowest BCUT2D eigenvalue weighted by Gasteiger charge is -1.99. The fourth-order valence-electron chi connectivity index (χ4n) is 1.45. The molecule has 1 heterocycles. The number of ether oxygens (including phenoxy) is 1. The normalized spacial score (nSPS) is 9.95. The van der Waals surface area contributed by atoms with E-state index in [0.29, 0.717) is 16.4 Å². The largest absolute Gasteiger partial charge is 0.445 e. The van der Waals surface area contributed by atoms with E-state index >= 15 is 0 Å². The molecule has 0 unspecified atom stereocenters. The molecule has 0 aliphatic carbocycles. The van der Waals surface area contributed by atoms with Gasteiger partial charge in [0.05, 0.1) is 11.4 Å². The van der Waals surface area contributed by atoms with Crippen LogP contribution < -0.4 is 0 Å². The summed E-state index contributed by atoms with van der Waals surface area (Å²) >= 11 is 5.88. The lowest BCUT2D eigenvalue weighted by molar-refractivity contribution is 0.0547. The predicted octanol–water partition coefficient (Wildman–Crippen LogP) is 1.91. The Morgan fingerprint density at radius 3 is 3.00 bits per heavy atom. The fourth-order valence-corrected chi connectivity index (χ4v) is 1.63. The number of hydrogen-bond acceptors (Lipinski definition) is 5. The van der Waals surface area contributed by atoms with Gasteiger partial charge in [0.2, 0.25) is 0 Å². The minimum atomic E-state index is -0.674. The molecule has 0 fully saturated rings. The van der Waals surface area contributed by atoms with Crippen molar-refractivity contribution in [3.8, 4) is 11.8 Å². The van der Waals surface area contributed by atoms with Gasteiger partial charge in [0.1, 0.15) is 6.07 Å². The summed E-state index contributed by atoms with van der Waals surface area (Å²) in [6.45, 7) is 1.32. The Kier molecular flexibility index (Phi) is 3.78. The second-order valence-electron chi connectivity index (χ2n) is 3.64. The minimum absolute atomic E-state index is 0.0789. The highest BCUT2D eigenvalue weighted by atomic mass is 35.5. The van der Waals surface area contributed by atoms with Crippen LogP contribution in [0.2, 0.25) is 5.02 Å². The molecule has 2 rings (SSSR count). The van der Waals surface area contributed by atoms with Gasteiger partial charge in [0.25, 0.3) is 0 Å². The topological polar surface area (TPSA) is 80.8 Å². The molecule has 0 bridgehead atoms. The third kappa shape index (κ3) is 2.89. The Morgan fingerprint density at radius 2 is 2.32 bits per heavy atom. The van der Waals surface area contributed by atoms with E-state index in [1.807, 2.05) is 0 Å². The zero-order valence-corrected chi connectivity index (χ0v) is 10.8. The standard InChI is InChI=1S/C12H9ClN4O2/c1-8-11(12(18)19-6-5-14)16-17(15-8)10-4-2-3-9(13)7-10/h2-4,7H,6H2,1H3. The van der Waals surface area contributed by atoms with Crippen molar-refractivity contribution < 1.29 is 9.53 Å². The highest BCUT2D eigenvalue weighted by Crippen LogP contribution is 2.14. The summed E-state index contributed by atoms with van der Waals surface area (Å²) in [6.07, 6.45) is 0. The van der Waals surface area contributed by atoms with Crippen molar-refractivity contribution in [1.82, 2.24) is 15.0 Å². The second kappa shape index (κ2) is 5.50. The van der Waals surface area contributed by atoms with Crippen LogP contribution in [0.25, 0.3) is 5.69 Å². The number of nitriles is 1. The van der Waals surface area contributed by atoms with E-state index < -0.39 is 5.97 Å². The summed E-state index contributed by atoms with van der Waals surface area (Å²) in [4.78, 5) is 12.9. The van der Waals surface area contributed by atoms with Gasteiger partial charge in [-0.3, -0.25) is 0 Å². The molecule has 96 valence electrons. The maximum atomic E-state index is 11.6. The first kappa shape index (κ1) is 13.1. The zero-order valence-electron chi connectivity index (χ0n) is 10.00. The zero-order chi connectivity index (χ0) is 13.8. The van der Waals surface area contributed by atoms with Gasteiger partial charge in [0, 0.05) is 5.02 Å². The van der Waals surface area contributed by atoms with Crippen LogP contribution in [0, 0.1) is 18.3 Å². The molecule has 1 aromatic carbocycles. The smallest absolute Gasteiger partial charge is 0.361 e. The molecule has 6 nitrogen and oxygen atoms in total. The van der Waals surface area contributed by atoms with Crippen molar-refractivity contribution in [1.29, 1.82) is 5.26 Å². The van der Waals surface area contributed by atoms with Gasteiger partial charge >= 0.3 is 5.97 Å². The molecule has 2 aromatic rings. The number of carbonyl (C=O) groups excluding carboxylic acids is 1. The van der Waals surface area contributed by atoms with Crippen LogP contribution in [0.4, 0.5) is 0 Å². The highest BCUT2D eigenvalue weighted by Gasteiger charge is 2.17. The molecule has 0 saturated heterocycles. The van der Waals surface area contributed by atoms with Gasteiger partial charge in [0.15, 0.2) is 12.3 Å². The van der Waals surface area contributed by atoms with Crippen molar-refractivity contribution in [2.75, 3.05) is 6.61 Å². The fraction of sp³-hybridized carbons (Fsp3) is 0.167. The maximum absolute atomic E-state index is 11.6. The second-order valence-corrected chi connectivity index (χ2v) is 4.07. The monoisotopic (exact) mass is 276 g/mol. The van der Waals surface area contributed by atoms with Crippen LogP contribution in [0.3, 0.4) is 0 Å². The van der Waals surface area contributed by atoms with E-state index in [4.69, 9.17) is 16.9 Å². The maximum Gasteiger partial charge on any atom is 0.361 e. The molecule has 19 heavy (non-hydrogen) atoms. The summed E-state index contributed by atoms with van der Waals surface area (Å²) in [5.74, 6) is -0.674. The van der Waals surface area contributed by atoms with Crippen molar-refractivity contribution in [3.05, 3.63) is 40.7 Å². The molecule has 1 aromatic heterocycles. The van der Waals surface area contributed by atoms with Gasteiger partial charge < -0.3 is 4.74 Å². The summed E-state index contributed by atoms with van der Waals surface area (Å²) in [7, 11) is 0. The molecule has 0 aliphatic heterocycles. The van der Waals surface area contributed by atoms with Crippen LogP contribution >= 0.6 is 11.6 Å². The van der Waals surface area contributed by atoms with Crippen LogP contribution in [0.15, 0.2) is 24.3 Å². The number of hydrogen-bond donors (Lipinski definition) is 0. The SMILES string of the molecule is Cc1nn(-c2cccc(Cl)c2)nc1C(=O)OCC#N. The lowest BCUT2D eigenvalue weighted by atomic mass is 10.3. The molecule has 0 saturated carbocycles. The van der Waals surface area contributed by atoms with Crippen molar-refractivity contribution in [3.63, 3.8) is 0 Å². The molecule has 0 N–H and O–H groups in total. The van der Waals surface area contributed by atoms with Gasteiger partial charge in [-0.1, -0.05) is 17.7 Å². The Morgan fingerprint density at radius 1 is 1.53 bits per heavy atom. The summed E-state index contributed by atoms with van der Waals surface area (Å²) in [6, 6.07) is 8.63. The molecule has 0 aliphatic rings. The van der Waals surface area contributed by atoms with E-state index in [1.54, 1.807) is 37.3 Å². The Bertz CT molecular complexity index is 660. The molecular formula is C12H9ClN4O2. The molecule has 0 spiro atoms. The summed E-state index contributed by atoms with van der Waals surface area (Å²) in [5.41, 5.74) is 1.13. The number of nitrogens with zero attached hydrogens (tertiary/aromatic N) is 4. The molecule has 0 amide bonds. The number of rotatable bonds is 3. The highest BCUT2D eigenvalue weighted by molar-refractivity contribution is 6.30. The minimum Gasteiger partial charge on any atom is -0.445 e. The number of esters is 1. The first-order chi connectivity index (χ1) is 9.11. The summed E-state index contributed by atoms with van der Waals surface area (Å²) < 4.78 is 4.69.